The van der Waals surface area contributed by atoms with Crippen molar-refractivity contribution >= 4 is 23.0 Å². The van der Waals surface area contributed by atoms with Gasteiger partial charge in [-0.2, -0.15) is 0 Å². The summed E-state index contributed by atoms with van der Waals surface area (Å²) in [6.45, 7) is 3.31. The number of aliphatic hydroxyl groups is 1. The first-order valence-corrected chi connectivity index (χ1v) is 10.8. The molecule has 0 spiro atoms. The lowest BCUT2D eigenvalue weighted by Gasteiger charge is -2.27. The van der Waals surface area contributed by atoms with Gasteiger partial charge in [0.15, 0.2) is 11.5 Å². The van der Waals surface area contributed by atoms with Crippen molar-refractivity contribution in [1.29, 1.82) is 0 Å². The quantitative estimate of drug-likeness (QED) is 0.678. The lowest BCUT2D eigenvalue weighted by molar-refractivity contribution is -0.129. The Morgan fingerprint density at radius 1 is 1.21 bits per heavy atom. The van der Waals surface area contributed by atoms with Gasteiger partial charge in [0.25, 0.3) is 5.91 Å². The topological polar surface area (TPSA) is 60.9 Å². The molecule has 2 heterocycles. The van der Waals surface area contributed by atoms with E-state index in [1.54, 1.807) is 4.90 Å². The zero-order chi connectivity index (χ0) is 21.0. The number of benzene rings is 1. The predicted molar refractivity (Wildman–Crippen MR) is 116 cm³/mol. The van der Waals surface area contributed by atoms with Crippen molar-refractivity contribution in [3.8, 4) is 0 Å². The second-order valence-electron chi connectivity index (χ2n) is 7.70. The number of thiophene rings is 1. The third-order valence-electron chi connectivity index (χ3n) is 5.24. The molecule has 1 aliphatic heterocycles. The van der Waals surface area contributed by atoms with Crippen LogP contribution in [0.25, 0.3) is 0 Å². The van der Waals surface area contributed by atoms with E-state index in [1.807, 2.05) is 62.8 Å². The van der Waals surface area contributed by atoms with Gasteiger partial charge in [0, 0.05) is 17.8 Å². The van der Waals surface area contributed by atoms with Crippen LogP contribution in [0.2, 0.25) is 0 Å². The maximum Gasteiger partial charge on any atom is 0.290 e. The average Bonchev–Trinajstić information content (AvgIpc) is 3.22. The zero-order valence-corrected chi connectivity index (χ0v) is 18.0. The first kappa shape index (κ1) is 21.3. The number of aliphatic hydroxyl groups excluding tert-OH is 1. The van der Waals surface area contributed by atoms with Crippen molar-refractivity contribution in [2.75, 3.05) is 27.2 Å². The molecule has 0 aliphatic carbocycles. The summed E-state index contributed by atoms with van der Waals surface area (Å²) in [4.78, 5) is 30.6. The van der Waals surface area contributed by atoms with Gasteiger partial charge in [-0.15, -0.1) is 11.3 Å². The Balaban J connectivity index is 1.85. The van der Waals surface area contributed by atoms with Gasteiger partial charge in [-0.1, -0.05) is 30.3 Å². The number of aryl methyl sites for hydroxylation is 2. The summed E-state index contributed by atoms with van der Waals surface area (Å²) in [7, 11) is 3.97. The van der Waals surface area contributed by atoms with Crippen LogP contribution in [-0.2, 0) is 16.0 Å². The minimum absolute atomic E-state index is 0.160. The maximum absolute atomic E-state index is 13.1. The second-order valence-corrected chi connectivity index (χ2v) is 8.64. The van der Waals surface area contributed by atoms with Crippen molar-refractivity contribution in [3.05, 3.63) is 69.1 Å². The second kappa shape index (κ2) is 9.37. The van der Waals surface area contributed by atoms with E-state index < -0.39 is 11.9 Å². The summed E-state index contributed by atoms with van der Waals surface area (Å²) in [5, 5.41) is 12.6. The summed E-state index contributed by atoms with van der Waals surface area (Å²) in [6, 6.07) is 11.3. The summed E-state index contributed by atoms with van der Waals surface area (Å²) in [5.74, 6) is -0.983. The van der Waals surface area contributed by atoms with Crippen LogP contribution in [0.4, 0.5) is 0 Å². The first-order valence-electron chi connectivity index (χ1n) is 9.90. The number of nitrogens with zero attached hydrogens (tertiary/aromatic N) is 2. The average molecular weight is 413 g/mol. The zero-order valence-electron chi connectivity index (χ0n) is 17.2. The first-order chi connectivity index (χ1) is 13.9. The van der Waals surface area contributed by atoms with Crippen molar-refractivity contribution in [3.63, 3.8) is 0 Å². The smallest absolute Gasteiger partial charge is 0.290 e. The van der Waals surface area contributed by atoms with E-state index >= 15 is 0 Å². The van der Waals surface area contributed by atoms with Gasteiger partial charge in [-0.25, -0.2) is 0 Å². The van der Waals surface area contributed by atoms with Crippen LogP contribution in [-0.4, -0.2) is 53.8 Å². The van der Waals surface area contributed by atoms with Crippen LogP contribution >= 0.6 is 11.3 Å². The standard InChI is InChI=1S/C23H28N2O3S/c1-16-12-15-29-22(16)20-19(18(26)11-10-17-8-5-4-6-9-17)21(27)23(28)25(20)14-7-13-24(2)3/h4-6,8-9,12,15,20,27H,7,10-11,13-14H2,1-3H3. The van der Waals surface area contributed by atoms with E-state index in [0.29, 0.717) is 13.0 Å². The molecule has 0 bridgehead atoms. The van der Waals surface area contributed by atoms with Crippen molar-refractivity contribution in [2.24, 2.45) is 0 Å². The fourth-order valence-corrected chi connectivity index (χ4v) is 4.75. The summed E-state index contributed by atoms with van der Waals surface area (Å²) in [6.07, 6.45) is 1.63. The number of hydrogen-bond acceptors (Lipinski definition) is 5. The van der Waals surface area contributed by atoms with E-state index in [9.17, 15) is 14.7 Å². The van der Waals surface area contributed by atoms with Crippen LogP contribution < -0.4 is 0 Å². The molecule has 0 saturated heterocycles. The van der Waals surface area contributed by atoms with E-state index in [4.69, 9.17) is 0 Å². The van der Waals surface area contributed by atoms with E-state index in [1.165, 1.54) is 11.3 Å². The molecule has 0 radical (unpaired) electrons. The van der Waals surface area contributed by atoms with Gasteiger partial charge >= 0.3 is 0 Å². The Morgan fingerprint density at radius 3 is 2.55 bits per heavy atom. The van der Waals surface area contributed by atoms with Gasteiger partial charge in [-0.3, -0.25) is 9.59 Å². The SMILES string of the molecule is Cc1ccsc1C1C(C(=O)CCc2ccccc2)=C(O)C(=O)N1CCCN(C)C. The molecule has 29 heavy (non-hydrogen) atoms. The van der Waals surface area contributed by atoms with Crippen LogP contribution in [0.5, 0.6) is 0 Å². The number of carbonyl (C=O) groups is 2. The molecule has 3 rings (SSSR count). The molecule has 1 aliphatic rings. The number of amides is 1. The normalized spacial score (nSPS) is 16.9. The summed E-state index contributed by atoms with van der Waals surface area (Å²) >= 11 is 1.53. The van der Waals surface area contributed by atoms with Crippen LogP contribution in [0.15, 0.2) is 53.1 Å². The molecule has 1 unspecified atom stereocenters. The third kappa shape index (κ3) is 4.77. The molecular weight excluding hydrogens is 384 g/mol. The Hall–Kier alpha value is -2.44. The Morgan fingerprint density at radius 2 is 1.93 bits per heavy atom. The number of Topliss-reactive ketones (excluding diaryl/α,β-unsaturated/α-hetero) is 1. The minimum atomic E-state index is -0.493. The maximum atomic E-state index is 13.1. The molecule has 6 heteroatoms. The molecular formula is C23H28N2O3S. The molecule has 1 amide bonds. The number of ketones is 1. The lowest BCUT2D eigenvalue weighted by Crippen LogP contribution is -2.33. The number of carbonyl (C=O) groups excluding carboxylic acids is 2. The Kier molecular flexibility index (Phi) is 6.87. The van der Waals surface area contributed by atoms with Crippen molar-refractivity contribution in [2.45, 2.75) is 32.2 Å². The molecule has 2 aromatic rings. The highest BCUT2D eigenvalue weighted by atomic mass is 32.1. The fourth-order valence-electron chi connectivity index (χ4n) is 3.70. The van der Waals surface area contributed by atoms with Gasteiger partial charge in [0.2, 0.25) is 0 Å². The molecule has 1 atom stereocenters. The van der Waals surface area contributed by atoms with E-state index in [0.717, 1.165) is 29.0 Å². The molecule has 0 fully saturated rings. The lowest BCUT2D eigenvalue weighted by atomic mass is 9.96. The summed E-state index contributed by atoms with van der Waals surface area (Å²) in [5.41, 5.74) is 2.35. The van der Waals surface area contributed by atoms with Crippen molar-refractivity contribution < 1.29 is 14.7 Å². The Labute approximate surface area is 176 Å². The molecule has 154 valence electrons. The monoisotopic (exact) mass is 412 g/mol. The van der Waals surface area contributed by atoms with Gasteiger partial charge < -0.3 is 14.9 Å². The molecule has 1 aromatic carbocycles. The highest BCUT2D eigenvalue weighted by Crippen LogP contribution is 2.41. The number of rotatable bonds is 9. The largest absolute Gasteiger partial charge is 0.503 e. The summed E-state index contributed by atoms with van der Waals surface area (Å²) < 4.78 is 0. The predicted octanol–water partition coefficient (Wildman–Crippen LogP) is 3.91. The third-order valence-corrected chi connectivity index (χ3v) is 6.31. The van der Waals surface area contributed by atoms with Crippen LogP contribution in [0.3, 0.4) is 0 Å². The van der Waals surface area contributed by atoms with Gasteiger partial charge in [0.1, 0.15) is 0 Å². The molecule has 1 N–H and O–H groups in total. The Bertz CT molecular complexity index is 902. The van der Waals surface area contributed by atoms with E-state index in [-0.39, 0.29) is 23.5 Å². The molecule has 5 nitrogen and oxygen atoms in total. The van der Waals surface area contributed by atoms with Gasteiger partial charge in [-0.05, 0) is 63.0 Å². The van der Waals surface area contributed by atoms with Crippen molar-refractivity contribution in [1.82, 2.24) is 9.80 Å². The minimum Gasteiger partial charge on any atom is -0.503 e. The molecule has 0 saturated carbocycles. The van der Waals surface area contributed by atoms with Gasteiger partial charge in [0.05, 0.1) is 11.6 Å². The van der Waals surface area contributed by atoms with Crippen LogP contribution in [0, 0.1) is 6.92 Å². The molecule has 1 aromatic heterocycles. The fraction of sp³-hybridized carbons (Fsp3) is 0.391. The highest BCUT2D eigenvalue weighted by molar-refractivity contribution is 7.10. The highest BCUT2D eigenvalue weighted by Gasteiger charge is 2.43. The van der Waals surface area contributed by atoms with E-state index in [2.05, 4.69) is 4.90 Å². The number of hydrogen-bond donors (Lipinski definition) is 1. The van der Waals surface area contributed by atoms with Crippen LogP contribution in [0.1, 0.15) is 34.9 Å².